The smallest absolute Gasteiger partial charge is 0.191 e. The van der Waals surface area contributed by atoms with E-state index in [4.69, 9.17) is 4.99 Å². The summed E-state index contributed by atoms with van der Waals surface area (Å²) in [6, 6.07) is 18.6. The van der Waals surface area contributed by atoms with E-state index in [2.05, 4.69) is 58.7 Å². The first kappa shape index (κ1) is 23.3. The lowest BCUT2D eigenvalue weighted by molar-refractivity contribution is 0.148. The normalized spacial score (nSPS) is 16.8. The minimum Gasteiger partial charge on any atom is -0.388 e. The molecule has 0 amide bonds. The Morgan fingerprint density at radius 3 is 2.32 bits per heavy atom. The molecule has 31 heavy (non-hydrogen) atoms. The van der Waals surface area contributed by atoms with Crippen molar-refractivity contribution in [3.05, 3.63) is 71.3 Å². The molecule has 0 aromatic heterocycles. The van der Waals surface area contributed by atoms with Gasteiger partial charge in [0.05, 0.1) is 12.6 Å². The van der Waals surface area contributed by atoms with Gasteiger partial charge in [0.2, 0.25) is 0 Å². The van der Waals surface area contributed by atoms with E-state index in [0.717, 1.165) is 50.8 Å². The Labute approximate surface area is 187 Å². The van der Waals surface area contributed by atoms with Crippen molar-refractivity contribution in [3.8, 4) is 0 Å². The molecule has 2 aromatic carbocycles. The van der Waals surface area contributed by atoms with Crippen LogP contribution in [0.15, 0.2) is 59.6 Å². The molecule has 1 heterocycles. The molecule has 1 fully saturated rings. The zero-order valence-electron chi connectivity index (χ0n) is 18.9. The lowest BCUT2D eigenvalue weighted by atomic mass is 10.1. The molecule has 0 radical (unpaired) electrons. The molecule has 1 aliphatic heterocycles. The highest BCUT2D eigenvalue weighted by atomic mass is 16.3. The molecule has 1 unspecified atom stereocenters. The minimum absolute atomic E-state index is 0.468. The lowest BCUT2D eigenvalue weighted by Crippen LogP contribution is -2.43. The van der Waals surface area contributed by atoms with Gasteiger partial charge in [0.15, 0.2) is 5.96 Å². The molecule has 0 saturated carbocycles. The molecule has 6 nitrogen and oxygen atoms in total. The van der Waals surface area contributed by atoms with Gasteiger partial charge in [-0.15, -0.1) is 0 Å². The maximum atomic E-state index is 10.3. The van der Waals surface area contributed by atoms with Crippen molar-refractivity contribution >= 4 is 5.96 Å². The van der Waals surface area contributed by atoms with E-state index in [0.29, 0.717) is 19.5 Å². The average molecular weight is 424 g/mol. The SMILES string of the molecule is CCNC(=NCc1ccc(CN2CCN(C)CC2)cc1)NCCC(O)c1ccccc1. The van der Waals surface area contributed by atoms with Crippen LogP contribution in [-0.4, -0.2) is 67.2 Å². The van der Waals surface area contributed by atoms with Gasteiger partial charge in [-0.25, -0.2) is 4.99 Å². The monoisotopic (exact) mass is 423 g/mol. The molecule has 168 valence electrons. The Morgan fingerprint density at radius 1 is 0.968 bits per heavy atom. The summed E-state index contributed by atoms with van der Waals surface area (Å²) in [4.78, 5) is 9.61. The van der Waals surface area contributed by atoms with Crippen LogP contribution in [0.2, 0.25) is 0 Å². The topological polar surface area (TPSA) is 63.1 Å². The molecule has 2 aromatic rings. The zero-order valence-corrected chi connectivity index (χ0v) is 18.9. The fourth-order valence-corrected chi connectivity index (χ4v) is 3.70. The number of aliphatic imine (C=N–C) groups is 1. The number of guanidine groups is 1. The fourth-order valence-electron chi connectivity index (χ4n) is 3.70. The molecule has 3 N–H and O–H groups in total. The van der Waals surface area contributed by atoms with Crippen LogP contribution in [0.4, 0.5) is 0 Å². The quantitative estimate of drug-likeness (QED) is 0.428. The predicted molar refractivity (Wildman–Crippen MR) is 128 cm³/mol. The third-order valence-electron chi connectivity index (χ3n) is 5.68. The van der Waals surface area contributed by atoms with Crippen molar-refractivity contribution < 1.29 is 5.11 Å². The number of nitrogens with one attached hydrogen (secondary N) is 2. The Bertz CT molecular complexity index is 785. The van der Waals surface area contributed by atoms with Crippen LogP contribution >= 0.6 is 0 Å². The van der Waals surface area contributed by atoms with Crippen LogP contribution in [0, 0.1) is 0 Å². The maximum absolute atomic E-state index is 10.3. The van der Waals surface area contributed by atoms with Crippen molar-refractivity contribution in [1.82, 2.24) is 20.4 Å². The van der Waals surface area contributed by atoms with E-state index < -0.39 is 6.10 Å². The number of nitrogens with zero attached hydrogens (tertiary/aromatic N) is 3. The van der Waals surface area contributed by atoms with E-state index in [1.165, 1.54) is 11.1 Å². The second-order valence-corrected chi connectivity index (χ2v) is 8.23. The molecule has 1 saturated heterocycles. The van der Waals surface area contributed by atoms with Crippen LogP contribution in [0.3, 0.4) is 0 Å². The highest BCUT2D eigenvalue weighted by molar-refractivity contribution is 5.79. The van der Waals surface area contributed by atoms with Gasteiger partial charge in [-0.2, -0.15) is 0 Å². The summed E-state index contributed by atoms with van der Waals surface area (Å²) in [5.41, 5.74) is 3.50. The van der Waals surface area contributed by atoms with Crippen LogP contribution < -0.4 is 10.6 Å². The summed E-state index contributed by atoms with van der Waals surface area (Å²) in [5.74, 6) is 0.782. The molecule has 1 atom stereocenters. The predicted octanol–water partition coefficient (Wildman–Crippen LogP) is 2.61. The Kier molecular flexibility index (Phi) is 9.34. The number of aliphatic hydroxyl groups is 1. The van der Waals surface area contributed by atoms with Crippen molar-refractivity contribution in [2.75, 3.05) is 46.3 Å². The second-order valence-electron chi connectivity index (χ2n) is 8.23. The summed E-state index contributed by atoms with van der Waals surface area (Å²) in [6.07, 6.45) is 0.166. The number of piperazine rings is 1. The summed E-state index contributed by atoms with van der Waals surface area (Å²) >= 11 is 0. The molecule has 6 heteroatoms. The molecule has 3 rings (SSSR count). The van der Waals surface area contributed by atoms with Crippen molar-refractivity contribution in [1.29, 1.82) is 0 Å². The van der Waals surface area contributed by atoms with E-state index in [9.17, 15) is 5.11 Å². The molecule has 1 aliphatic rings. The number of hydrogen-bond donors (Lipinski definition) is 3. The first-order chi connectivity index (χ1) is 15.1. The zero-order chi connectivity index (χ0) is 21.9. The van der Waals surface area contributed by atoms with Gasteiger partial charge < -0.3 is 20.6 Å². The van der Waals surface area contributed by atoms with Gasteiger partial charge in [-0.05, 0) is 37.1 Å². The third-order valence-corrected chi connectivity index (χ3v) is 5.68. The number of hydrogen-bond acceptors (Lipinski definition) is 4. The molecule has 0 spiro atoms. The molecule has 0 bridgehead atoms. The van der Waals surface area contributed by atoms with Gasteiger partial charge >= 0.3 is 0 Å². The van der Waals surface area contributed by atoms with Crippen molar-refractivity contribution in [3.63, 3.8) is 0 Å². The van der Waals surface area contributed by atoms with Crippen molar-refractivity contribution in [2.24, 2.45) is 4.99 Å². The first-order valence-corrected chi connectivity index (χ1v) is 11.4. The van der Waals surface area contributed by atoms with E-state index in [1.807, 2.05) is 30.3 Å². The first-order valence-electron chi connectivity index (χ1n) is 11.4. The summed E-state index contributed by atoms with van der Waals surface area (Å²) < 4.78 is 0. The third kappa shape index (κ3) is 7.98. The van der Waals surface area contributed by atoms with Crippen LogP contribution in [-0.2, 0) is 13.1 Å². The molecule has 0 aliphatic carbocycles. The van der Waals surface area contributed by atoms with Crippen LogP contribution in [0.5, 0.6) is 0 Å². The Morgan fingerprint density at radius 2 is 1.65 bits per heavy atom. The Balaban J connectivity index is 1.45. The number of likely N-dealkylation sites (N-methyl/N-ethyl adjacent to an activating group) is 1. The van der Waals surface area contributed by atoms with E-state index >= 15 is 0 Å². The molecular formula is C25H37N5O. The van der Waals surface area contributed by atoms with Gasteiger partial charge in [-0.3, -0.25) is 4.90 Å². The minimum atomic E-state index is -0.468. The van der Waals surface area contributed by atoms with E-state index in [-0.39, 0.29) is 0 Å². The Hall–Kier alpha value is -2.41. The van der Waals surface area contributed by atoms with Crippen LogP contribution in [0.1, 0.15) is 36.1 Å². The van der Waals surface area contributed by atoms with Gasteiger partial charge in [0.1, 0.15) is 0 Å². The molecular weight excluding hydrogens is 386 g/mol. The maximum Gasteiger partial charge on any atom is 0.191 e. The number of benzene rings is 2. The highest BCUT2D eigenvalue weighted by Gasteiger charge is 2.13. The summed E-state index contributed by atoms with van der Waals surface area (Å²) in [6.45, 7) is 9.74. The number of aliphatic hydroxyl groups excluding tert-OH is 1. The highest BCUT2D eigenvalue weighted by Crippen LogP contribution is 2.15. The van der Waals surface area contributed by atoms with Gasteiger partial charge in [-0.1, -0.05) is 54.6 Å². The summed E-state index contributed by atoms with van der Waals surface area (Å²) in [5, 5.41) is 16.9. The van der Waals surface area contributed by atoms with Gasteiger partial charge in [0.25, 0.3) is 0 Å². The average Bonchev–Trinajstić information content (AvgIpc) is 2.80. The van der Waals surface area contributed by atoms with Crippen molar-refractivity contribution in [2.45, 2.75) is 32.5 Å². The van der Waals surface area contributed by atoms with Gasteiger partial charge in [0, 0.05) is 45.8 Å². The lowest BCUT2D eigenvalue weighted by Gasteiger charge is -2.32. The second kappa shape index (κ2) is 12.4. The fraction of sp³-hybridized carbons (Fsp3) is 0.480. The van der Waals surface area contributed by atoms with Crippen LogP contribution in [0.25, 0.3) is 0 Å². The van der Waals surface area contributed by atoms with E-state index in [1.54, 1.807) is 0 Å². The standard InChI is InChI=1S/C25H37N5O/c1-3-26-25(27-14-13-24(31)23-7-5-4-6-8-23)28-19-21-9-11-22(12-10-21)20-30-17-15-29(2)16-18-30/h4-12,24,31H,3,13-20H2,1-2H3,(H2,26,27,28). The summed E-state index contributed by atoms with van der Waals surface area (Å²) in [7, 11) is 2.19. The number of rotatable bonds is 9. The largest absolute Gasteiger partial charge is 0.388 e.